The van der Waals surface area contributed by atoms with Gasteiger partial charge in [0.25, 0.3) is 5.56 Å². The van der Waals surface area contributed by atoms with Gasteiger partial charge in [0.1, 0.15) is 5.75 Å². The van der Waals surface area contributed by atoms with E-state index in [9.17, 15) is 4.79 Å². The maximum Gasteiger partial charge on any atom is 0.255 e. The molecule has 4 heteroatoms. The largest absolute Gasteiger partial charge is 0.494 e. The Bertz CT molecular complexity index is 660. The van der Waals surface area contributed by atoms with Crippen LogP contribution in [0.25, 0.3) is 11.3 Å². The smallest absolute Gasteiger partial charge is 0.255 e. The van der Waals surface area contributed by atoms with Gasteiger partial charge in [-0.05, 0) is 56.3 Å². The van der Waals surface area contributed by atoms with E-state index in [4.69, 9.17) is 4.74 Å². The van der Waals surface area contributed by atoms with E-state index in [-0.39, 0.29) is 5.56 Å². The zero-order chi connectivity index (χ0) is 15.9. The lowest BCUT2D eigenvalue weighted by Gasteiger charge is -2.14. The minimum atomic E-state index is 0.0701. The molecule has 0 saturated heterocycles. The lowest BCUT2D eigenvalue weighted by Crippen LogP contribution is -2.26. The van der Waals surface area contributed by atoms with Crippen LogP contribution in [0, 0.1) is 0 Å². The second-order valence-corrected chi connectivity index (χ2v) is 5.20. The van der Waals surface area contributed by atoms with E-state index in [0.717, 1.165) is 35.6 Å². The number of hydrogen-bond donors (Lipinski definition) is 1. The summed E-state index contributed by atoms with van der Waals surface area (Å²) in [6.45, 7) is 6.04. The van der Waals surface area contributed by atoms with Gasteiger partial charge < -0.3 is 14.6 Å². The maximum atomic E-state index is 12.5. The fourth-order valence-electron chi connectivity index (χ4n) is 2.46. The lowest BCUT2D eigenvalue weighted by molar-refractivity contribution is 0.317. The Kier molecular flexibility index (Phi) is 5.78. The van der Waals surface area contributed by atoms with Gasteiger partial charge in [0, 0.05) is 18.7 Å². The standard InChI is InChI=1S/C18H24N2O2/c1-4-12-22-16-9-6-14(7-10-16)17-11-8-15(13-19-3)18(21)20(17)5-2/h6-11,19H,4-5,12-13H2,1-3H3. The van der Waals surface area contributed by atoms with Gasteiger partial charge in [0.2, 0.25) is 0 Å². The molecule has 0 spiro atoms. The Morgan fingerprint density at radius 2 is 1.82 bits per heavy atom. The summed E-state index contributed by atoms with van der Waals surface area (Å²) in [4.78, 5) is 12.5. The molecule has 1 heterocycles. The van der Waals surface area contributed by atoms with E-state index < -0.39 is 0 Å². The molecule has 1 N–H and O–H groups in total. The normalized spacial score (nSPS) is 10.7. The minimum absolute atomic E-state index is 0.0701. The van der Waals surface area contributed by atoms with Crippen LogP contribution in [0.1, 0.15) is 25.8 Å². The Balaban J connectivity index is 2.35. The molecule has 0 aliphatic carbocycles. The van der Waals surface area contributed by atoms with Crippen LogP contribution < -0.4 is 15.6 Å². The highest BCUT2D eigenvalue weighted by molar-refractivity contribution is 5.61. The zero-order valence-electron chi connectivity index (χ0n) is 13.6. The molecule has 0 radical (unpaired) electrons. The summed E-state index contributed by atoms with van der Waals surface area (Å²) in [6, 6.07) is 11.8. The van der Waals surface area contributed by atoms with E-state index in [2.05, 4.69) is 12.2 Å². The summed E-state index contributed by atoms with van der Waals surface area (Å²) < 4.78 is 7.41. The molecule has 2 rings (SSSR count). The first-order valence-electron chi connectivity index (χ1n) is 7.81. The Morgan fingerprint density at radius 3 is 2.41 bits per heavy atom. The molecule has 0 atom stereocenters. The van der Waals surface area contributed by atoms with E-state index in [0.29, 0.717) is 13.1 Å². The maximum absolute atomic E-state index is 12.5. The van der Waals surface area contributed by atoms with Gasteiger partial charge >= 0.3 is 0 Å². The van der Waals surface area contributed by atoms with Crippen molar-refractivity contribution in [3.8, 4) is 17.0 Å². The van der Waals surface area contributed by atoms with E-state index in [1.807, 2.05) is 54.9 Å². The fraction of sp³-hybridized carbons (Fsp3) is 0.389. The van der Waals surface area contributed by atoms with Crippen molar-refractivity contribution < 1.29 is 4.74 Å². The summed E-state index contributed by atoms with van der Waals surface area (Å²) in [5, 5.41) is 3.03. The van der Waals surface area contributed by atoms with E-state index in [1.165, 1.54) is 0 Å². The number of hydrogen-bond acceptors (Lipinski definition) is 3. The van der Waals surface area contributed by atoms with Gasteiger partial charge in [0.15, 0.2) is 0 Å². The molecule has 2 aromatic rings. The van der Waals surface area contributed by atoms with Crippen LogP contribution in [-0.4, -0.2) is 18.2 Å². The van der Waals surface area contributed by atoms with E-state index >= 15 is 0 Å². The predicted octanol–water partition coefficient (Wildman–Crippen LogP) is 3.04. The molecule has 1 aromatic heterocycles. The van der Waals surface area contributed by atoms with Gasteiger partial charge in [-0.25, -0.2) is 0 Å². The summed E-state index contributed by atoms with van der Waals surface area (Å²) in [5.74, 6) is 0.864. The van der Waals surface area contributed by atoms with Crippen molar-refractivity contribution in [2.24, 2.45) is 0 Å². The number of rotatable bonds is 7. The van der Waals surface area contributed by atoms with Crippen LogP contribution in [-0.2, 0) is 13.1 Å². The molecular formula is C18H24N2O2. The van der Waals surface area contributed by atoms with E-state index in [1.54, 1.807) is 0 Å². The summed E-state index contributed by atoms with van der Waals surface area (Å²) in [5.41, 5.74) is 2.82. The molecule has 0 saturated carbocycles. The molecule has 0 aliphatic rings. The number of pyridine rings is 1. The highest BCUT2D eigenvalue weighted by atomic mass is 16.5. The topological polar surface area (TPSA) is 43.3 Å². The number of ether oxygens (including phenoxy) is 1. The fourth-order valence-corrected chi connectivity index (χ4v) is 2.46. The van der Waals surface area contributed by atoms with Crippen LogP contribution in [0.15, 0.2) is 41.2 Å². The van der Waals surface area contributed by atoms with Crippen LogP contribution in [0.4, 0.5) is 0 Å². The zero-order valence-corrected chi connectivity index (χ0v) is 13.6. The Hall–Kier alpha value is -2.07. The molecule has 0 bridgehead atoms. The summed E-state index contributed by atoms with van der Waals surface area (Å²) in [6.07, 6.45) is 0.990. The molecule has 22 heavy (non-hydrogen) atoms. The summed E-state index contributed by atoms with van der Waals surface area (Å²) >= 11 is 0. The molecule has 118 valence electrons. The second kappa shape index (κ2) is 7.80. The third-order valence-corrected chi connectivity index (χ3v) is 3.56. The SMILES string of the molecule is CCCOc1ccc(-c2ccc(CNC)c(=O)n2CC)cc1. The first kappa shape index (κ1) is 16.3. The third-order valence-electron chi connectivity index (χ3n) is 3.56. The van der Waals surface area contributed by atoms with Crippen molar-refractivity contribution in [2.45, 2.75) is 33.4 Å². The van der Waals surface area contributed by atoms with Crippen LogP contribution in [0.3, 0.4) is 0 Å². The second-order valence-electron chi connectivity index (χ2n) is 5.20. The molecule has 0 fully saturated rings. The van der Waals surface area contributed by atoms with Crippen molar-refractivity contribution >= 4 is 0 Å². The van der Waals surface area contributed by atoms with Gasteiger partial charge in [-0.2, -0.15) is 0 Å². The van der Waals surface area contributed by atoms with Crippen LogP contribution >= 0.6 is 0 Å². The van der Waals surface area contributed by atoms with Gasteiger partial charge in [0.05, 0.1) is 12.3 Å². The summed E-state index contributed by atoms with van der Waals surface area (Å²) in [7, 11) is 1.85. The van der Waals surface area contributed by atoms with Gasteiger partial charge in [-0.1, -0.05) is 13.0 Å². The minimum Gasteiger partial charge on any atom is -0.494 e. The number of benzene rings is 1. The molecular weight excluding hydrogens is 276 g/mol. The van der Waals surface area contributed by atoms with Gasteiger partial charge in [-0.15, -0.1) is 0 Å². The van der Waals surface area contributed by atoms with Crippen molar-refractivity contribution in [3.05, 3.63) is 52.3 Å². The number of nitrogens with one attached hydrogen (secondary N) is 1. The van der Waals surface area contributed by atoms with Crippen LogP contribution in [0.5, 0.6) is 5.75 Å². The molecule has 1 aromatic carbocycles. The first-order valence-corrected chi connectivity index (χ1v) is 7.81. The Labute approximate surface area is 131 Å². The monoisotopic (exact) mass is 300 g/mol. The highest BCUT2D eigenvalue weighted by Gasteiger charge is 2.09. The number of nitrogens with zero attached hydrogens (tertiary/aromatic N) is 1. The highest BCUT2D eigenvalue weighted by Crippen LogP contribution is 2.22. The average Bonchev–Trinajstić information content (AvgIpc) is 2.55. The number of aromatic nitrogens is 1. The predicted molar refractivity (Wildman–Crippen MR) is 90.4 cm³/mol. The third kappa shape index (κ3) is 3.57. The quantitative estimate of drug-likeness (QED) is 0.854. The molecule has 0 aliphatic heterocycles. The Morgan fingerprint density at radius 1 is 1.09 bits per heavy atom. The van der Waals surface area contributed by atoms with Crippen LogP contribution in [0.2, 0.25) is 0 Å². The first-order chi connectivity index (χ1) is 10.7. The van der Waals surface area contributed by atoms with Crippen molar-refractivity contribution in [2.75, 3.05) is 13.7 Å². The lowest BCUT2D eigenvalue weighted by atomic mass is 10.1. The van der Waals surface area contributed by atoms with Crippen molar-refractivity contribution in [1.82, 2.24) is 9.88 Å². The molecule has 4 nitrogen and oxygen atoms in total. The molecule has 0 unspecified atom stereocenters. The average molecular weight is 300 g/mol. The van der Waals surface area contributed by atoms with Crippen molar-refractivity contribution in [3.63, 3.8) is 0 Å². The van der Waals surface area contributed by atoms with Gasteiger partial charge in [-0.3, -0.25) is 4.79 Å². The molecule has 0 amide bonds. The van der Waals surface area contributed by atoms with Crippen molar-refractivity contribution in [1.29, 1.82) is 0 Å².